The number of nitrogens with one attached hydrogen (secondary N) is 1. The van der Waals surface area contributed by atoms with Gasteiger partial charge in [0, 0.05) is 23.5 Å². The van der Waals surface area contributed by atoms with Crippen molar-refractivity contribution in [3.63, 3.8) is 0 Å². The Morgan fingerprint density at radius 1 is 1.47 bits per heavy atom. The fourth-order valence-electron chi connectivity index (χ4n) is 1.72. The van der Waals surface area contributed by atoms with Gasteiger partial charge in [-0.05, 0) is 12.8 Å². The second-order valence-electron chi connectivity index (χ2n) is 3.65. The van der Waals surface area contributed by atoms with E-state index >= 15 is 0 Å². The van der Waals surface area contributed by atoms with Crippen LogP contribution in [0.25, 0.3) is 5.65 Å². The van der Waals surface area contributed by atoms with Crippen LogP contribution in [-0.4, -0.2) is 14.6 Å². The third-order valence-corrected chi connectivity index (χ3v) is 2.51. The molecule has 0 fully saturated rings. The summed E-state index contributed by atoms with van der Waals surface area (Å²) in [6.07, 6.45) is 4.60. The van der Waals surface area contributed by atoms with E-state index in [1.807, 2.05) is 6.20 Å². The van der Waals surface area contributed by atoms with Crippen LogP contribution in [0.15, 0.2) is 17.1 Å². The maximum atomic E-state index is 11.7. The zero-order valence-electron chi connectivity index (χ0n) is 9.08. The molecule has 2 heterocycles. The van der Waals surface area contributed by atoms with Crippen molar-refractivity contribution >= 4 is 5.65 Å². The van der Waals surface area contributed by atoms with Gasteiger partial charge >= 0.3 is 0 Å². The van der Waals surface area contributed by atoms with Crippen LogP contribution >= 0.6 is 0 Å². The van der Waals surface area contributed by atoms with Crippen LogP contribution in [0.5, 0.6) is 0 Å². The van der Waals surface area contributed by atoms with Crippen LogP contribution in [0.3, 0.4) is 0 Å². The van der Waals surface area contributed by atoms with Gasteiger partial charge in [-0.15, -0.1) is 0 Å². The molecule has 2 aromatic rings. The van der Waals surface area contributed by atoms with E-state index in [-0.39, 0.29) is 5.56 Å². The smallest absolute Gasteiger partial charge is 0.272 e. The standard InChI is InChI=1S/C11H15N3O/c1-3-5-9-6-10(15)14-11(13-9)8(4-2)7-12-14/h6-7,12H,3-5H2,1-2H3. The van der Waals surface area contributed by atoms with E-state index in [4.69, 9.17) is 0 Å². The third-order valence-electron chi connectivity index (χ3n) is 2.51. The Bertz CT molecular complexity index is 524. The van der Waals surface area contributed by atoms with Crippen molar-refractivity contribution in [2.75, 3.05) is 0 Å². The van der Waals surface area contributed by atoms with E-state index in [2.05, 4.69) is 23.9 Å². The van der Waals surface area contributed by atoms with Gasteiger partial charge in [-0.3, -0.25) is 9.89 Å². The molecule has 0 aliphatic carbocycles. The minimum absolute atomic E-state index is 0.0249. The summed E-state index contributed by atoms with van der Waals surface area (Å²) in [5.41, 5.74) is 2.72. The molecule has 0 aliphatic heterocycles. The van der Waals surface area contributed by atoms with Gasteiger partial charge < -0.3 is 0 Å². The van der Waals surface area contributed by atoms with Crippen molar-refractivity contribution in [1.82, 2.24) is 14.6 Å². The summed E-state index contributed by atoms with van der Waals surface area (Å²) in [7, 11) is 0. The lowest BCUT2D eigenvalue weighted by Gasteiger charge is -1.99. The number of fused-ring (bicyclic) bond motifs is 1. The molecular weight excluding hydrogens is 190 g/mol. The summed E-state index contributed by atoms with van der Waals surface area (Å²) >= 11 is 0. The molecule has 0 unspecified atom stereocenters. The molecule has 0 saturated heterocycles. The summed E-state index contributed by atoms with van der Waals surface area (Å²) in [4.78, 5) is 16.2. The maximum absolute atomic E-state index is 11.7. The molecule has 2 aromatic heterocycles. The molecule has 0 bridgehead atoms. The molecule has 0 atom stereocenters. The average molecular weight is 205 g/mol. The first-order valence-corrected chi connectivity index (χ1v) is 5.35. The number of hydrogen-bond acceptors (Lipinski definition) is 2. The second-order valence-corrected chi connectivity index (χ2v) is 3.65. The zero-order chi connectivity index (χ0) is 10.8. The summed E-state index contributed by atoms with van der Waals surface area (Å²) in [5.74, 6) is 0. The van der Waals surface area contributed by atoms with E-state index in [1.165, 1.54) is 4.52 Å². The zero-order valence-corrected chi connectivity index (χ0v) is 9.08. The Hall–Kier alpha value is -1.58. The lowest BCUT2D eigenvalue weighted by molar-refractivity contribution is 0.838. The van der Waals surface area contributed by atoms with Crippen molar-refractivity contribution in [2.45, 2.75) is 33.1 Å². The third kappa shape index (κ3) is 1.67. The molecule has 0 radical (unpaired) electrons. The predicted octanol–water partition coefficient (Wildman–Crippen LogP) is 1.54. The Morgan fingerprint density at radius 3 is 2.93 bits per heavy atom. The van der Waals surface area contributed by atoms with E-state index in [9.17, 15) is 4.79 Å². The van der Waals surface area contributed by atoms with Crippen LogP contribution in [0.1, 0.15) is 31.5 Å². The summed E-state index contributed by atoms with van der Waals surface area (Å²) in [6.45, 7) is 4.14. The number of H-pyrrole nitrogens is 1. The van der Waals surface area contributed by atoms with Gasteiger partial charge in [0.05, 0.1) is 0 Å². The number of nitrogens with zero attached hydrogens (tertiary/aromatic N) is 2. The van der Waals surface area contributed by atoms with E-state index in [1.54, 1.807) is 6.07 Å². The van der Waals surface area contributed by atoms with Crippen molar-refractivity contribution in [2.24, 2.45) is 0 Å². The molecule has 15 heavy (non-hydrogen) atoms. The molecule has 0 saturated carbocycles. The van der Waals surface area contributed by atoms with Gasteiger partial charge in [-0.25, -0.2) is 9.50 Å². The second kappa shape index (κ2) is 3.88. The molecule has 4 heteroatoms. The molecule has 80 valence electrons. The fraction of sp³-hybridized carbons (Fsp3) is 0.455. The Morgan fingerprint density at radius 2 is 2.27 bits per heavy atom. The molecule has 2 rings (SSSR count). The first kappa shape index (κ1) is 9.96. The van der Waals surface area contributed by atoms with Gasteiger partial charge in [-0.2, -0.15) is 0 Å². The van der Waals surface area contributed by atoms with Crippen LogP contribution in [0.4, 0.5) is 0 Å². The molecule has 0 spiro atoms. The highest BCUT2D eigenvalue weighted by Crippen LogP contribution is 2.07. The first-order valence-electron chi connectivity index (χ1n) is 5.35. The van der Waals surface area contributed by atoms with Crippen LogP contribution in [0, 0.1) is 0 Å². The first-order chi connectivity index (χ1) is 7.26. The summed E-state index contributed by atoms with van der Waals surface area (Å²) in [5, 5.41) is 2.92. The number of aromatic nitrogens is 3. The van der Waals surface area contributed by atoms with E-state index in [0.29, 0.717) is 0 Å². The highest BCUT2D eigenvalue weighted by Gasteiger charge is 2.06. The topological polar surface area (TPSA) is 50.2 Å². The van der Waals surface area contributed by atoms with E-state index in [0.717, 1.165) is 36.2 Å². The van der Waals surface area contributed by atoms with Crippen LogP contribution in [-0.2, 0) is 12.8 Å². The molecule has 1 N–H and O–H groups in total. The Kier molecular flexibility index (Phi) is 2.58. The summed E-state index contributed by atoms with van der Waals surface area (Å²) in [6, 6.07) is 1.60. The minimum atomic E-state index is -0.0249. The van der Waals surface area contributed by atoms with Crippen molar-refractivity contribution in [3.8, 4) is 0 Å². The normalized spacial score (nSPS) is 11.1. The Labute approximate surface area is 87.9 Å². The minimum Gasteiger partial charge on any atom is -0.297 e. The molecule has 0 aromatic carbocycles. The lowest BCUT2D eigenvalue weighted by Crippen LogP contribution is -2.15. The number of aromatic amines is 1. The highest BCUT2D eigenvalue weighted by atomic mass is 16.1. The quantitative estimate of drug-likeness (QED) is 0.826. The van der Waals surface area contributed by atoms with Crippen molar-refractivity contribution in [3.05, 3.63) is 33.9 Å². The summed E-state index contributed by atoms with van der Waals surface area (Å²) < 4.78 is 1.50. The van der Waals surface area contributed by atoms with Gasteiger partial charge in [0.15, 0.2) is 5.65 Å². The molecular formula is C11H15N3O. The SMILES string of the molecule is CCCc1cc(=O)n2[nH]cc(CC)c2n1. The number of hydrogen-bond donors (Lipinski definition) is 1. The van der Waals surface area contributed by atoms with Gasteiger partial charge in [0.1, 0.15) is 0 Å². The molecule has 0 aliphatic rings. The Balaban J connectivity index is 2.66. The van der Waals surface area contributed by atoms with Crippen LogP contribution in [0.2, 0.25) is 0 Å². The van der Waals surface area contributed by atoms with E-state index < -0.39 is 0 Å². The van der Waals surface area contributed by atoms with Gasteiger partial charge in [-0.1, -0.05) is 20.3 Å². The maximum Gasteiger partial charge on any atom is 0.272 e. The highest BCUT2D eigenvalue weighted by molar-refractivity contribution is 5.46. The molecule has 0 amide bonds. The average Bonchev–Trinajstić information content (AvgIpc) is 2.61. The number of aryl methyl sites for hydroxylation is 2. The monoisotopic (exact) mass is 205 g/mol. The molecule has 4 nitrogen and oxygen atoms in total. The predicted molar refractivity (Wildman–Crippen MR) is 59.2 cm³/mol. The number of rotatable bonds is 3. The van der Waals surface area contributed by atoms with Crippen molar-refractivity contribution < 1.29 is 0 Å². The lowest BCUT2D eigenvalue weighted by atomic mass is 10.2. The fourth-order valence-corrected chi connectivity index (χ4v) is 1.72. The van der Waals surface area contributed by atoms with Gasteiger partial charge in [0.25, 0.3) is 5.56 Å². The largest absolute Gasteiger partial charge is 0.297 e. The van der Waals surface area contributed by atoms with Crippen LogP contribution < -0.4 is 5.56 Å². The van der Waals surface area contributed by atoms with Gasteiger partial charge in [0.2, 0.25) is 0 Å². The van der Waals surface area contributed by atoms with Crippen molar-refractivity contribution in [1.29, 1.82) is 0 Å².